The maximum atomic E-state index is 13.4. The van der Waals surface area contributed by atoms with Gasteiger partial charge in [0.15, 0.2) is 17.5 Å². The van der Waals surface area contributed by atoms with Crippen molar-refractivity contribution < 1.29 is 22.8 Å². The van der Waals surface area contributed by atoms with Crippen molar-refractivity contribution in [1.29, 1.82) is 0 Å². The first-order chi connectivity index (χ1) is 10.5. The van der Waals surface area contributed by atoms with Crippen LogP contribution in [-0.4, -0.2) is 18.4 Å². The highest BCUT2D eigenvalue weighted by Crippen LogP contribution is 2.19. The number of rotatable bonds is 5. The van der Waals surface area contributed by atoms with E-state index >= 15 is 0 Å². The van der Waals surface area contributed by atoms with Crippen LogP contribution in [0.5, 0.6) is 0 Å². The van der Waals surface area contributed by atoms with Gasteiger partial charge in [-0.15, -0.1) is 0 Å². The third kappa shape index (κ3) is 4.08. The Morgan fingerprint density at radius 3 is 2.50 bits per heavy atom. The van der Waals surface area contributed by atoms with Gasteiger partial charge in [0.25, 0.3) is 0 Å². The lowest BCUT2D eigenvalue weighted by atomic mass is 10.2. The van der Waals surface area contributed by atoms with Gasteiger partial charge in [-0.2, -0.15) is 11.3 Å². The van der Waals surface area contributed by atoms with Crippen LogP contribution in [0, 0.1) is 17.5 Å². The molecule has 0 bridgehead atoms. The molecule has 0 aliphatic rings. The van der Waals surface area contributed by atoms with E-state index in [1.807, 2.05) is 5.38 Å². The molecule has 2 rings (SSSR count). The summed E-state index contributed by atoms with van der Waals surface area (Å²) in [4.78, 5) is 23.1. The quantitative estimate of drug-likeness (QED) is 0.829. The summed E-state index contributed by atoms with van der Waals surface area (Å²) in [7, 11) is 0. The van der Waals surface area contributed by atoms with E-state index in [4.69, 9.17) is 0 Å². The minimum Gasteiger partial charge on any atom is -0.347 e. The van der Waals surface area contributed by atoms with Crippen molar-refractivity contribution in [2.75, 3.05) is 11.9 Å². The van der Waals surface area contributed by atoms with Gasteiger partial charge in [0.05, 0.1) is 18.7 Å². The summed E-state index contributed by atoms with van der Waals surface area (Å²) in [6.45, 7) is -0.401. The average molecular weight is 328 g/mol. The number of carbonyl (C=O) groups is 2. The highest BCUT2D eigenvalue weighted by Gasteiger charge is 2.15. The molecule has 0 atom stereocenters. The number of benzene rings is 1. The van der Waals surface area contributed by atoms with Crippen molar-refractivity contribution in [3.63, 3.8) is 0 Å². The molecule has 0 saturated heterocycles. The second-order valence-electron chi connectivity index (χ2n) is 4.36. The number of hydrogen-bond acceptors (Lipinski definition) is 3. The van der Waals surface area contributed by atoms with Gasteiger partial charge in [-0.1, -0.05) is 0 Å². The fourth-order valence-electron chi connectivity index (χ4n) is 1.64. The predicted molar refractivity (Wildman–Crippen MR) is 76.0 cm³/mol. The second kappa shape index (κ2) is 7.08. The molecule has 0 aliphatic heterocycles. The Balaban J connectivity index is 1.86. The molecule has 22 heavy (non-hydrogen) atoms. The van der Waals surface area contributed by atoms with Gasteiger partial charge in [0.2, 0.25) is 11.8 Å². The first kappa shape index (κ1) is 16.0. The Labute approximate surface area is 128 Å². The van der Waals surface area contributed by atoms with Crippen LogP contribution >= 0.6 is 11.3 Å². The Hall–Kier alpha value is -2.35. The smallest absolute Gasteiger partial charge is 0.243 e. The lowest BCUT2D eigenvalue weighted by Crippen LogP contribution is -2.33. The molecule has 8 heteroatoms. The average Bonchev–Trinajstić information content (AvgIpc) is 2.99. The topological polar surface area (TPSA) is 58.2 Å². The van der Waals surface area contributed by atoms with E-state index in [-0.39, 0.29) is 12.3 Å². The van der Waals surface area contributed by atoms with E-state index in [0.717, 1.165) is 11.6 Å². The molecule has 0 aliphatic carbocycles. The lowest BCUT2D eigenvalue weighted by molar-refractivity contribution is -0.123. The third-order valence-electron chi connectivity index (χ3n) is 2.70. The summed E-state index contributed by atoms with van der Waals surface area (Å²) in [5.74, 6) is -5.63. The van der Waals surface area contributed by atoms with Crippen molar-refractivity contribution in [2.45, 2.75) is 6.42 Å². The normalized spacial score (nSPS) is 10.3. The van der Waals surface area contributed by atoms with Crippen LogP contribution < -0.4 is 10.6 Å². The van der Waals surface area contributed by atoms with Gasteiger partial charge >= 0.3 is 0 Å². The van der Waals surface area contributed by atoms with Crippen LogP contribution in [0.1, 0.15) is 5.56 Å². The lowest BCUT2D eigenvalue weighted by Gasteiger charge is -2.08. The first-order valence-electron chi connectivity index (χ1n) is 6.18. The fourth-order valence-corrected chi connectivity index (χ4v) is 2.31. The zero-order valence-electron chi connectivity index (χ0n) is 11.2. The Bertz CT molecular complexity index is 690. The highest BCUT2D eigenvalue weighted by atomic mass is 32.1. The molecule has 0 fully saturated rings. The monoisotopic (exact) mass is 328 g/mol. The van der Waals surface area contributed by atoms with Gasteiger partial charge in [-0.05, 0) is 34.5 Å². The van der Waals surface area contributed by atoms with Gasteiger partial charge in [0, 0.05) is 0 Å². The predicted octanol–water partition coefficient (Wildman–Crippen LogP) is 2.46. The molecule has 2 aromatic rings. The molecule has 2 N–H and O–H groups in total. The number of halogens is 3. The van der Waals surface area contributed by atoms with E-state index in [9.17, 15) is 22.8 Å². The minimum absolute atomic E-state index is 0.121. The largest absolute Gasteiger partial charge is 0.347 e. The summed E-state index contributed by atoms with van der Waals surface area (Å²) in [5.41, 5.74) is 0.325. The van der Waals surface area contributed by atoms with Crippen LogP contribution in [0.2, 0.25) is 0 Å². The Kier molecular flexibility index (Phi) is 5.16. The van der Waals surface area contributed by atoms with Crippen molar-refractivity contribution in [2.24, 2.45) is 0 Å². The molecule has 0 unspecified atom stereocenters. The van der Waals surface area contributed by atoms with Crippen molar-refractivity contribution in [1.82, 2.24) is 5.32 Å². The maximum absolute atomic E-state index is 13.4. The van der Waals surface area contributed by atoms with Crippen molar-refractivity contribution >= 4 is 28.8 Å². The van der Waals surface area contributed by atoms with Gasteiger partial charge in [-0.25, -0.2) is 13.2 Å². The maximum Gasteiger partial charge on any atom is 0.243 e. The van der Waals surface area contributed by atoms with E-state index in [2.05, 4.69) is 10.6 Å². The van der Waals surface area contributed by atoms with Crippen LogP contribution in [-0.2, 0) is 16.0 Å². The van der Waals surface area contributed by atoms with Crippen molar-refractivity contribution in [3.8, 4) is 0 Å². The molecule has 0 saturated carbocycles. The molecule has 0 spiro atoms. The third-order valence-corrected chi connectivity index (χ3v) is 3.43. The minimum atomic E-state index is -1.67. The van der Waals surface area contributed by atoms with E-state index in [1.54, 1.807) is 11.4 Å². The first-order valence-corrected chi connectivity index (χ1v) is 7.12. The van der Waals surface area contributed by atoms with Gasteiger partial charge in [-0.3, -0.25) is 9.59 Å². The molecule has 4 nitrogen and oxygen atoms in total. The molecule has 116 valence electrons. The van der Waals surface area contributed by atoms with Gasteiger partial charge < -0.3 is 10.6 Å². The number of anilines is 1. The zero-order valence-corrected chi connectivity index (χ0v) is 12.0. The summed E-state index contributed by atoms with van der Waals surface area (Å²) >= 11 is 1.44. The number of amides is 2. The number of nitrogens with one attached hydrogen (secondary N) is 2. The molecule has 2 amide bonds. The summed E-state index contributed by atoms with van der Waals surface area (Å²) in [6, 6.07) is 3.38. The fraction of sp³-hybridized carbons (Fsp3) is 0.143. The molecular weight excluding hydrogens is 317 g/mol. The van der Waals surface area contributed by atoms with E-state index in [1.165, 1.54) is 11.3 Å². The van der Waals surface area contributed by atoms with Gasteiger partial charge in [0.1, 0.15) is 0 Å². The van der Waals surface area contributed by atoms with E-state index < -0.39 is 35.6 Å². The summed E-state index contributed by atoms with van der Waals surface area (Å²) < 4.78 is 39.1. The Morgan fingerprint density at radius 1 is 1.05 bits per heavy atom. The second-order valence-corrected chi connectivity index (χ2v) is 5.14. The molecule has 1 aromatic carbocycles. The summed E-state index contributed by atoms with van der Waals surface area (Å²) in [6.07, 6.45) is 0.121. The van der Waals surface area contributed by atoms with Crippen LogP contribution in [0.3, 0.4) is 0 Å². The molecular formula is C14H11F3N2O2S. The molecule has 1 aromatic heterocycles. The van der Waals surface area contributed by atoms with E-state index in [0.29, 0.717) is 6.07 Å². The Morgan fingerprint density at radius 2 is 1.82 bits per heavy atom. The SMILES string of the molecule is O=C(Cc1ccsc1)NCC(=O)Nc1ccc(F)c(F)c1F. The van der Waals surface area contributed by atoms with Crippen LogP contribution in [0.25, 0.3) is 0 Å². The highest BCUT2D eigenvalue weighted by molar-refractivity contribution is 7.08. The van der Waals surface area contributed by atoms with Crippen LogP contribution in [0.15, 0.2) is 29.0 Å². The summed E-state index contributed by atoms with van der Waals surface area (Å²) in [5, 5.41) is 8.03. The number of hydrogen-bond donors (Lipinski definition) is 2. The molecule has 0 radical (unpaired) electrons. The zero-order chi connectivity index (χ0) is 16.1. The van der Waals surface area contributed by atoms with Crippen molar-refractivity contribution in [3.05, 3.63) is 52.0 Å². The number of thiophene rings is 1. The molecule has 1 heterocycles. The standard InChI is InChI=1S/C14H11F3N2O2S/c15-9-1-2-10(14(17)13(9)16)19-12(21)6-18-11(20)5-8-3-4-22-7-8/h1-4,7H,5-6H2,(H,18,20)(H,19,21). The number of carbonyl (C=O) groups excluding carboxylic acids is 2. The van der Waals surface area contributed by atoms with Crippen LogP contribution in [0.4, 0.5) is 18.9 Å².